The molecule has 0 atom stereocenters. The van der Waals surface area contributed by atoms with Gasteiger partial charge in [-0.25, -0.2) is 4.98 Å². The number of aryl methyl sites for hydroxylation is 1. The van der Waals surface area contributed by atoms with Gasteiger partial charge in [-0.3, -0.25) is 0 Å². The van der Waals surface area contributed by atoms with Gasteiger partial charge in [0, 0.05) is 28.4 Å². The molecule has 17 heavy (non-hydrogen) atoms. The van der Waals surface area contributed by atoms with Crippen LogP contribution in [0.5, 0.6) is 5.75 Å². The van der Waals surface area contributed by atoms with Crippen molar-refractivity contribution in [1.29, 1.82) is 0 Å². The Morgan fingerprint density at radius 1 is 1.24 bits per heavy atom. The van der Waals surface area contributed by atoms with Crippen LogP contribution >= 0.6 is 23.2 Å². The maximum atomic E-state index is 6.04. The van der Waals surface area contributed by atoms with E-state index in [1.807, 2.05) is 31.2 Å². The number of hydrogen-bond donors (Lipinski definition) is 0. The van der Waals surface area contributed by atoms with Gasteiger partial charge in [-0.15, -0.1) is 0 Å². The summed E-state index contributed by atoms with van der Waals surface area (Å²) in [7, 11) is 0. The quantitative estimate of drug-likeness (QED) is 0.775. The van der Waals surface area contributed by atoms with Crippen molar-refractivity contribution in [2.45, 2.75) is 13.5 Å². The van der Waals surface area contributed by atoms with Crippen LogP contribution in [0.3, 0.4) is 0 Å². The SMILES string of the molecule is Cc1cnc(Cl)cc1OCc1ccccc1Cl. The van der Waals surface area contributed by atoms with E-state index in [9.17, 15) is 0 Å². The fourth-order valence-corrected chi connectivity index (χ4v) is 1.75. The van der Waals surface area contributed by atoms with E-state index in [0.29, 0.717) is 16.8 Å². The van der Waals surface area contributed by atoms with E-state index in [0.717, 1.165) is 16.9 Å². The average molecular weight is 268 g/mol. The van der Waals surface area contributed by atoms with Gasteiger partial charge >= 0.3 is 0 Å². The van der Waals surface area contributed by atoms with Gasteiger partial charge < -0.3 is 4.74 Å². The molecule has 0 fully saturated rings. The summed E-state index contributed by atoms with van der Waals surface area (Å²) in [5.74, 6) is 0.727. The minimum absolute atomic E-state index is 0.418. The molecule has 0 aliphatic carbocycles. The summed E-state index contributed by atoms with van der Waals surface area (Å²) < 4.78 is 5.68. The maximum Gasteiger partial charge on any atom is 0.132 e. The Morgan fingerprint density at radius 3 is 2.76 bits per heavy atom. The van der Waals surface area contributed by atoms with Crippen molar-refractivity contribution < 1.29 is 4.74 Å². The lowest BCUT2D eigenvalue weighted by Gasteiger charge is -2.09. The molecule has 0 unspecified atom stereocenters. The van der Waals surface area contributed by atoms with Crippen molar-refractivity contribution in [2.75, 3.05) is 0 Å². The highest BCUT2D eigenvalue weighted by atomic mass is 35.5. The average Bonchev–Trinajstić information content (AvgIpc) is 2.32. The fraction of sp³-hybridized carbons (Fsp3) is 0.154. The predicted molar refractivity (Wildman–Crippen MR) is 69.8 cm³/mol. The van der Waals surface area contributed by atoms with Crippen LogP contribution < -0.4 is 4.74 Å². The Balaban J connectivity index is 2.12. The molecule has 0 N–H and O–H groups in total. The van der Waals surface area contributed by atoms with Crippen molar-refractivity contribution >= 4 is 23.2 Å². The number of rotatable bonds is 3. The van der Waals surface area contributed by atoms with E-state index in [1.54, 1.807) is 12.3 Å². The molecular weight excluding hydrogens is 257 g/mol. The smallest absolute Gasteiger partial charge is 0.132 e. The van der Waals surface area contributed by atoms with Crippen molar-refractivity contribution in [3.8, 4) is 5.75 Å². The predicted octanol–water partition coefficient (Wildman–Crippen LogP) is 4.28. The molecule has 0 radical (unpaired) electrons. The van der Waals surface area contributed by atoms with Crippen LogP contribution in [0.25, 0.3) is 0 Å². The number of pyridine rings is 1. The standard InChI is InChI=1S/C13H11Cl2NO/c1-9-7-16-13(15)6-12(9)17-8-10-4-2-3-5-11(10)14/h2-7H,8H2,1H3. The zero-order chi connectivity index (χ0) is 12.3. The Kier molecular flexibility index (Phi) is 3.87. The Morgan fingerprint density at radius 2 is 2.00 bits per heavy atom. The number of ether oxygens (including phenoxy) is 1. The summed E-state index contributed by atoms with van der Waals surface area (Å²) in [6.45, 7) is 2.34. The zero-order valence-electron chi connectivity index (χ0n) is 9.28. The van der Waals surface area contributed by atoms with Gasteiger partial charge in [0.2, 0.25) is 0 Å². The van der Waals surface area contributed by atoms with E-state index in [4.69, 9.17) is 27.9 Å². The molecule has 4 heteroatoms. The molecule has 2 nitrogen and oxygen atoms in total. The largest absolute Gasteiger partial charge is 0.488 e. The van der Waals surface area contributed by atoms with E-state index in [-0.39, 0.29) is 0 Å². The highest BCUT2D eigenvalue weighted by Crippen LogP contribution is 2.23. The molecule has 0 amide bonds. The van der Waals surface area contributed by atoms with Gasteiger partial charge in [0.1, 0.15) is 17.5 Å². The second kappa shape index (κ2) is 5.39. The van der Waals surface area contributed by atoms with E-state index >= 15 is 0 Å². The summed E-state index contributed by atoms with van der Waals surface area (Å²) in [6, 6.07) is 9.29. The highest BCUT2D eigenvalue weighted by molar-refractivity contribution is 6.31. The maximum absolute atomic E-state index is 6.04. The Hall–Kier alpha value is -1.25. The number of aromatic nitrogens is 1. The molecule has 0 spiro atoms. The monoisotopic (exact) mass is 267 g/mol. The van der Waals surface area contributed by atoms with Crippen LogP contribution in [0.4, 0.5) is 0 Å². The summed E-state index contributed by atoms with van der Waals surface area (Å²) in [5.41, 5.74) is 1.89. The summed E-state index contributed by atoms with van der Waals surface area (Å²) in [4.78, 5) is 3.97. The minimum Gasteiger partial charge on any atom is -0.488 e. The van der Waals surface area contributed by atoms with Crippen molar-refractivity contribution in [1.82, 2.24) is 4.98 Å². The molecule has 0 aliphatic heterocycles. The third-order valence-electron chi connectivity index (χ3n) is 2.36. The molecular formula is C13H11Cl2NO. The molecule has 0 bridgehead atoms. The van der Waals surface area contributed by atoms with Gasteiger partial charge in [0.05, 0.1) is 0 Å². The molecule has 1 aromatic carbocycles. The molecule has 2 rings (SSSR count). The second-order valence-electron chi connectivity index (χ2n) is 3.65. The number of nitrogens with zero attached hydrogens (tertiary/aromatic N) is 1. The van der Waals surface area contributed by atoms with Gasteiger partial charge in [-0.2, -0.15) is 0 Å². The van der Waals surface area contributed by atoms with Crippen molar-refractivity contribution in [3.63, 3.8) is 0 Å². The molecule has 2 aromatic rings. The third-order valence-corrected chi connectivity index (χ3v) is 2.94. The first-order valence-corrected chi connectivity index (χ1v) is 5.91. The Labute approximate surface area is 110 Å². The number of hydrogen-bond acceptors (Lipinski definition) is 2. The Bertz CT molecular complexity index is 529. The topological polar surface area (TPSA) is 22.1 Å². The van der Waals surface area contributed by atoms with Crippen LogP contribution in [0, 0.1) is 6.92 Å². The zero-order valence-corrected chi connectivity index (χ0v) is 10.8. The van der Waals surface area contributed by atoms with Crippen LogP contribution in [0.15, 0.2) is 36.5 Å². The van der Waals surface area contributed by atoms with Crippen LogP contribution in [0.1, 0.15) is 11.1 Å². The number of halogens is 2. The fourth-order valence-electron chi connectivity index (χ4n) is 1.41. The summed E-state index contributed by atoms with van der Waals surface area (Å²) in [5, 5.41) is 1.12. The van der Waals surface area contributed by atoms with Crippen LogP contribution in [-0.4, -0.2) is 4.98 Å². The lowest BCUT2D eigenvalue weighted by Crippen LogP contribution is -1.98. The van der Waals surface area contributed by atoms with E-state index in [2.05, 4.69) is 4.98 Å². The van der Waals surface area contributed by atoms with Gasteiger partial charge in [0.15, 0.2) is 0 Å². The first-order chi connectivity index (χ1) is 8.16. The summed E-state index contributed by atoms with van der Waals surface area (Å²) >= 11 is 11.9. The third kappa shape index (κ3) is 3.11. The molecule has 1 heterocycles. The first-order valence-electron chi connectivity index (χ1n) is 5.15. The minimum atomic E-state index is 0.418. The lowest BCUT2D eigenvalue weighted by molar-refractivity contribution is 0.304. The highest BCUT2D eigenvalue weighted by Gasteiger charge is 2.04. The summed E-state index contributed by atoms with van der Waals surface area (Å²) in [6.07, 6.45) is 1.68. The van der Waals surface area contributed by atoms with Gasteiger partial charge in [-0.05, 0) is 13.0 Å². The van der Waals surface area contributed by atoms with Crippen LogP contribution in [-0.2, 0) is 6.61 Å². The van der Waals surface area contributed by atoms with Crippen molar-refractivity contribution in [2.24, 2.45) is 0 Å². The molecule has 88 valence electrons. The van der Waals surface area contributed by atoms with Gasteiger partial charge in [0.25, 0.3) is 0 Å². The van der Waals surface area contributed by atoms with Crippen molar-refractivity contribution in [3.05, 3.63) is 57.8 Å². The van der Waals surface area contributed by atoms with Gasteiger partial charge in [-0.1, -0.05) is 41.4 Å². The van der Waals surface area contributed by atoms with E-state index < -0.39 is 0 Å². The molecule has 0 saturated heterocycles. The lowest BCUT2D eigenvalue weighted by atomic mass is 10.2. The molecule has 0 saturated carbocycles. The normalized spacial score (nSPS) is 10.3. The molecule has 0 aliphatic rings. The number of benzene rings is 1. The van der Waals surface area contributed by atoms with E-state index in [1.165, 1.54) is 0 Å². The van der Waals surface area contributed by atoms with Crippen LogP contribution in [0.2, 0.25) is 10.2 Å². The second-order valence-corrected chi connectivity index (χ2v) is 4.45. The first kappa shape index (κ1) is 12.2. The molecule has 1 aromatic heterocycles.